The number of hydrogen-bond donors (Lipinski definition) is 3. The Morgan fingerprint density at radius 1 is 1.05 bits per heavy atom. The van der Waals surface area contributed by atoms with E-state index in [0.29, 0.717) is 30.3 Å². The lowest BCUT2D eigenvalue weighted by molar-refractivity contribution is -0.237. The topological polar surface area (TPSA) is 106 Å². The van der Waals surface area contributed by atoms with Crippen LogP contribution in [0.25, 0.3) is 0 Å². The number of carbonyl (C=O) groups excluding carboxylic acids is 1. The van der Waals surface area contributed by atoms with Crippen molar-refractivity contribution >= 4 is 5.97 Å². The van der Waals surface area contributed by atoms with E-state index in [1.807, 2.05) is 0 Å². The lowest BCUT2D eigenvalue weighted by atomic mass is 9.41. The summed E-state index contributed by atoms with van der Waals surface area (Å²) in [6, 6.07) is 0. The highest BCUT2D eigenvalue weighted by Crippen LogP contribution is 2.89. The van der Waals surface area contributed by atoms with Gasteiger partial charge in [0, 0.05) is 25.4 Å². The van der Waals surface area contributed by atoms with Gasteiger partial charge in [-0.15, -0.1) is 0 Å². The number of esters is 1. The number of morpholine rings is 1. The van der Waals surface area contributed by atoms with Gasteiger partial charge in [0.05, 0.1) is 36.6 Å². The molecule has 2 spiro atoms. The van der Waals surface area contributed by atoms with Gasteiger partial charge in [0.25, 0.3) is 0 Å². The van der Waals surface area contributed by atoms with Crippen LogP contribution in [0.3, 0.4) is 0 Å². The van der Waals surface area contributed by atoms with E-state index in [1.54, 1.807) is 13.8 Å². The van der Waals surface area contributed by atoms with Gasteiger partial charge in [0.1, 0.15) is 0 Å². The molecule has 0 aromatic carbocycles. The maximum Gasteiger partial charge on any atom is 0.303 e. The van der Waals surface area contributed by atoms with Crippen molar-refractivity contribution in [2.45, 2.75) is 149 Å². The monoisotopic (exact) mass is 617 g/mol. The largest absolute Gasteiger partial charge is 0.457 e. The fourth-order valence-electron chi connectivity index (χ4n) is 13.4. The zero-order valence-electron chi connectivity index (χ0n) is 28.5. The molecule has 0 radical (unpaired) electrons. The summed E-state index contributed by atoms with van der Waals surface area (Å²) in [5.41, 5.74) is -0.862. The van der Waals surface area contributed by atoms with Crippen molar-refractivity contribution in [3.8, 4) is 0 Å². The predicted molar refractivity (Wildman–Crippen MR) is 165 cm³/mol. The molecule has 5 saturated carbocycles. The van der Waals surface area contributed by atoms with Gasteiger partial charge in [0.15, 0.2) is 12.4 Å². The van der Waals surface area contributed by atoms with Crippen molar-refractivity contribution in [3.63, 3.8) is 0 Å². The third-order valence-corrected chi connectivity index (χ3v) is 15.3. The second kappa shape index (κ2) is 10.1. The van der Waals surface area contributed by atoms with Crippen LogP contribution in [0.15, 0.2) is 0 Å². The van der Waals surface area contributed by atoms with E-state index >= 15 is 0 Å². The molecule has 2 saturated heterocycles. The minimum atomic E-state index is -1.25. The number of aliphatic hydroxyl groups excluding tert-OH is 1. The van der Waals surface area contributed by atoms with Gasteiger partial charge in [-0.05, 0) is 111 Å². The molecule has 6 unspecified atom stereocenters. The molecule has 8 heteroatoms. The van der Waals surface area contributed by atoms with Crippen LogP contribution in [0.2, 0.25) is 0 Å². The molecule has 0 aromatic rings. The molecule has 44 heavy (non-hydrogen) atoms. The first-order valence-electron chi connectivity index (χ1n) is 17.7. The third-order valence-electron chi connectivity index (χ3n) is 15.3. The Bertz CT molecular complexity index is 1150. The fourth-order valence-corrected chi connectivity index (χ4v) is 13.4. The maximum atomic E-state index is 12.5. The molecular formula is C36H59NO7. The van der Waals surface area contributed by atoms with Gasteiger partial charge in [-0.2, -0.15) is 0 Å². The van der Waals surface area contributed by atoms with Crippen LogP contribution in [0, 0.1) is 50.7 Å². The summed E-state index contributed by atoms with van der Waals surface area (Å²) in [6.07, 6.45) is 6.87. The molecule has 14 atom stereocenters. The van der Waals surface area contributed by atoms with E-state index in [2.05, 4.69) is 39.9 Å². The van der Waals surface area contributed by atoms with E-state index < -0.39 is 29.9 Å². The molecule has 2 heterocycles. The third kappa shape index (κ3) is 4.12. The summed E-state index contributed by atoms with van der Waals surface area (Å²) in [5, 5.41) is 26.9. The summed E-state index contributed by atoms with van der Waals surface area (Å²) in [6.45, 7) is 19.2. The Morgan fingerprint density at radius 3 is 2.41 bits per heavy atom. The maximum absolute atomic E-state index is 12.5. The van der Waals surface area contributed by atoms with Crippen molar-refractivity contribution in [3.05, 3.63) is 0 Å². The summed E-state index contributed by atoms with van der Waals surface area (Å²) in [7, 11) is 0. The van der Waals surface area contributed by atoms with Gasteiger partial charge in [-0.1, -0.05) is 34.6 Å². The van der Waals surface area contributed by atoms with Gasteiger partial charge in [-0.25, -0.2) is 0 Å². The van der Waals surface area contributed by atoms with Crippen molar-refractivity contribution in [1.82, 2.24) is 5.32 Å². The van der Waals surface area contributed by atoms with Crippen LogP contribution in [0.4, 0.5) is 0 Å². The SMILES string of the molecule is CC(=O)O[C@@H](C1C[C@@H](C)[C@H]2C(O1)[C@H](O)C1(C)C3CC[C@H]4C(C)(C)[C@@H](OC5CNCCO5)CC[C@@]45CC35CC[C@]21C)C(C)(C)O. The molecule has 0 amide bonds. The first kappa shape index (κ1) is 31.8. The Kier molecular flexibility index (Phi) is 7.32. The number of aliphatic hydroxyl groups is 2. The fraction of sp³-hybridized carbons (Fsp3) is 0.972. The summed E-state index contributed by atoms with van der Waals surface area (Å²) in [4.78, 5) is 12.0. The quantitative estimate of drug-likeness (QED) is 0.377. The lowest BCUT2D eigenvalue weighted by Gasteiger charge is -2.64. The Labute approximate surface area is 264 Å². The predicted octanol–water partition coefficient (Wildman–Crippen LogP) is 4.83. The molecule has 3 N–H and O–H groups in total. The zero-order valence-corrected chi connectivity index (χ0v) is 28.5. The van der Waals surface area contributed by atoms with Crippen LogP contribution in [0.5, 0.6) is 0 Å². The van der Waals surface area contributed by atoms with Crippen LogP contribution < -0.4 is 5.32 Å². The smallest absolute Gasteiger partial charge is 0.303 e. The number of nitrogens with one attached hydrogen (secondary N) is 1. The number of carbonyl (C=O) groups is 1. The highest BCUT2D eigenvalue weighted by molar-refractivity contribution is 5.66. The normalized spacial score (nSPS) is 53.3. The van der Waals surface area contributed by atoms with Crippen molar-refractivity contribution in [2.75, 3.05) is 19.7 Å². The standard InChI is InChI=1S/C36H59NO7/c1-20-17-22(30(32(5,6)40)42-21(2)38)43-28-27(20)33(7)13-14-36-19-35(36)12-11-25(44-26-18-37-15-16-41-26)31(3,4)23(35)9-10-24(36)34(33,8)29(28)39/h20,22-30,37,39-40H,9-19H2,1-8H3/t20-,22?,23+,24?,25+,26?,27+,28?,29+,30+,33-,34?,35-,36?/m1/s1. The van der Waals surface area contributed by atoms with Gasteiger partial charge >= 0.3 is 5.97 Å². The van der Waals surface area contributed by atoms with Crippen LogP contribution in [-0.2, 0) is 23.7 Å². The van der Waals surface area contributed by atoms with Crippen LogP contribution in [0.1, 0.15) is 107 Å². The molecule has 250 valence electrons. The Hall–Kier alpha value is -0.770. The first-order chi connectivity index (χ1) is 20.5. The molecule has 0 aromatic heterocycles. The highest BCUT2D eigenvalue weighted by Gasteiger charge is 2.84. The minimum absolute atomic E-state index is 0.0409. The number of ether oxygens (including phenoxy) is 4. The second-order valence-corrected chi connectivity index (χ2v) is 17.9. The minimum Gasteiger partial charge on any atom is -0.457 e. The second-order valence-electron chi connectivity index (χ2n) is 17.9. The van der Waals surface area contributed by atoms with Gasteiger partial charge in [0.2, 0.25) is 0 Å². The Balaban J connectivity index is 1.16. The summed E-state index contributed by atoms with van der Waals surface area (Å²) >= 11 is 0. The Morgan fingerprint density at radius 2 is 1.75 bits per heavy atom. The lowest BCUT2D eigenvalue weighted by Crippen LogP contribution is -2.60. The molecular weight excluding hydrogens is 558 g/mol. The summed E-state index contributed by atoms with van der Waals surface area (Å²) < 4.78 is 25.2. The molecule has 8 nitrogen and oxygen atoms in total. The molecule has 0 bridgehead atoms. The molecule has 7 fully saturated rings. The van der Waals surface area contributed by atoms with E-state index in [-0.39, 0.29) is 52.0 Å². The number of rotatable bonds is 5. The van der Waals surface area contributed by atoms with E-state index in [9.17, 15) is 15.0 Å². The van der Waals surface area contributed by atoms with Crippen molar-refractivity contribution in [2.24, 2.45) is 50.7 Å². The number of fused-ring (bicyclic) bond motifs is 4. The van der Waals surface area contributed by atoms with Gasteiger partial charge in [-0.3, -0.25) is 4.79 Å². The highest BCUT2D eigenvalue weighted by atomic mass is 16.7. The molecule has 5 aliphatic carbocycles. The van der Waals surface area contributed by atoms with Crippen molar-refractivity contribution < 1.29 is 34.0 Å². The van der Waals surface area contributed by atoms with Gasteiger partial charge < -0.3 is 34.5 Å². The van der Waals surface area contributed by atoms with Crippen LogP contribution in [-0.4, -0.2) is 78.3 Å². The van der Waals surface area contributed by atoms with E-state index in [4.69, 9.17) is 18.9 Å². The van der Waals surface area contributed by atoms with E-state index in [0.717, 1.165) is 32.4 Å². The number of hydrogen-bond acceptors (Lipinski definition) is 8. The average molecular weight is 618 g/mol. The van der Waals surface area contributed by atoms with Crippen LogP contribution >= 0.6 is 0 Å². The molecule has 7 rings (SSSR count). The first-order valence-corrected chi connectivity index (χ1v) is 17.7. The molecule has 7 aliphatic rings. The zero-order chi connectivity index (χ0) is 31.7. The van der Waals surface area contributed by atoms with Crippen molar-refractivity contribution in [1.29, 1.82) is 0 Å². The summed E-state index contributed by atoms with van der Waals surface area (Å²) in [5.74, 6) is 1.16. The molecule has 2 aliphatic heterocycles. The van der Waals surface area contributed by atoms with E-state index in [1.165, 1.54) is 32.6 Å². The average Bonchev–Trinajstić information content (AvgIpc) is 3.58.